The van der Waals surface area contributed by atoms with Gasteiger partial charge in [0.25, 0.3) is 5.91 Å². The Labute approximate surface area is 241 Å². The number of aliphatic carboxylic acids is 1. The molecule has 0 radical (unpaired) electrons. The van der Waals surface area contributed by atoms with Crippen LogP contribution in [0.4, 0.5) is 0 Å². The topological polar surface area (TPSA) is 69.2 Å². The number of fused-ring (bicyclic) bond motifs is 1. The van der Waals surface area contributed by atoms with Gasteiger partial charge in [-0.2, -0.15) is 11.8 Å². The summed E-state index contributed by atoms with van der Waals surface area (Å²) in [5.41, 5.74) is 5.78. The Morgan fingerprint density at radius 2 is 1.50 bits per heavy atom. The number of thioether (sulfide) groups is 1. The van der Waals surface area contributed by atoms with Gasteiger partial charge in [-0.15, -0.1) is 0 Å². The first-order chi connectivity index (χ1) is 18.0. The zero-order chi connectivity index (χ0) is 26.2. The Bertz CT molecular complexity index is 1400. The van der Waals surface area contributed by atoms with Crippen LogP contribution in [-0.2, 0) is 17.6 Å². The van der Waals surface area contributed by atoms with E-state index >= 15 is 0 Å². The molecule has 0 bridgehead atoms. The summed E-state index contributed by atoms with van der Waals surface area (Å²) in [6.07, 6.45) is 5.06. The molecule has 1 N–H and O–H groups in total. The normalized spacial score (nSPS) is 11.5. The van der Waals surface area contributed by atoms with Crippen molar-refractivity contribution in [3.8, 4) is 11.1 Å². The van der Waals surface area contributed by atoms with Crippen molar-refractivity contribution in [1.82, 2.24) is 5.32 Å². The summed E-state index contributed by atoms with van der Waals surface area (Å²) in [5.74, 6) is -1.03. The molecule has 0 unspecified atom stereocenters. The van der Waals surface area contributed by atoms with Gasteiger partial charge in [0, 0.05) is 5.56 Å². The van der Waals surface area contributed by atoms with Gasteiger partial charge >= 0.3 is 18.9 Å². The molecule has 190 valence electrons. The summed E-state index contributed by atoms with van der Waals surface area (Å²) in [6, 6.07) is 27.8. The van der Waals surface area contributed by atoms with Gasteiger partial charge in [-0.1, -0.05) is 78.9 Å². The summed E-state index contributed by atoms with van der Waals surface area (Å²) in [4.78, 5) is 24.8. The summed E-state index contributed by atoms with van der Waals surface area (Å²) >= 11 is 1.54. The van der Waals surface area contributed by atoms with Crippen LogP contribution in [0.3, 0.4) is 0 Å². The predicted octanol–water partition coefficient (Wildman–Crippen LogP) is 2.60. The maximum Gasteiger partial charge on any atom is 1.00 e. The number of hydrogen-bond acceptors (Lipinski definition) is 4. The van der Waals surface area contributed by atoms with Crippen LogP contribution < -0.4 is 29.3 Å². The molecule has 0 saturated heterocycles. The van der Waals surface area contributed by atoms with Crippen LogP contribution >= 0.6 is 11.8 Å². The van der Waals surface area contributed by atoms with Gasteiger partial charge in [0.15, 0.2) is 0 Å². The minimum Gasteiger partial charge on any atom is -0.548 e. The van der Waals surface area contributed by atoms with E-state index < -0.39 is 17.9 Å². The van der Waals surface area contributed by atoms with E-state index in [4.69, 9.17) is 0 Å². The molecule has 1 amide bonds. The zero-order valence-electron chi connectivity index (χ0n) is 22.3. The van der Waals surface area contributed by atoms with Crippen molar-refractivity contribution in [2.45, 2.75) is 38.6 Å². The molecule has 4 aromatic carbocycles. The van der Waals surface area contributed by atoms with Gasteiger partial charge in [-0.25, -0.2) is 0 Å². The van der Waals surface area contributed by atoms with Crippen molar-refractivity contribution in [3.05, 3.63) is 107 Å². The zero-order valence-corrected chi connectivity index (χ0v) is 23.1. The molecule has 38 heavy (non-hydrogen) atoms. The Balaban J connectivity index is 0.00000400. The number of carboxylic acids is 1. The second kappa shape index (κ2) is 14.3. The molecule has 1 atom stereocenters. The standard InChI is InChI=1S/C32H33NO3S.Li/c1-22-8-3-6-13-27(22)29-21-24(10-7-9-23-14-16-25-11-4-5-12-26(25)20-23)15-17-28(29)31(34)33-30(32(35)36)18-19-37-2;/h3-6,8,11-17,20-21,30H,7,9-10,18-19H2,1-2H3,(H,33,34)(H,35,36);/q;+1/p-1/t30-;/m0./s1. The number of benzene rings is 4. The molecule has 0 aliphatic carbocycles. The minimum atomic E-state index is -1.26. The third-order valence-corrected chi connectivity index (χ3v) is 7.35. The van der Waals surface area contributed by atoms with E-state index in [0.717, 1.165) is 41.5 Å². The van der Waals surface area contributed by atoms with Gasteiger partial charge in [0.05, 0.1) is 12.0 Å². The van der Waals surface area contributed by atoms with Crippen LogP contribution in [0, 0.1) is 6.92 Å². The fraction of sp³-hybridized carbons (Fsp3) is 0.250. The number of nitrogens with one attached hydrogen (secondary N) is 1. The number of carbonyl (C=O) groups excluding carboxylic acids is 2. The number of carboxylic acid groups (broad SMARTS) is 1. The third kappa shape index (κ3) is 7.54. The van der Waals surface area contributed by atoms with Crippen molar-refractivity contribution in [2.24, 2.45) is 0 Å². The first kappa shape index (κ1) is 29.6. The minimum absolute atomic E-state index is 0. The Morgan fingerprint density at radius 3 is 2.21 bits per heavy atom. The molecule has 0 fully saturated rings. The molecule has 4 rings (SSSR count). The number of hydrogen-bond donors (Lipinski definition) is 1. The molecule has 4 nitrogen and oxygen atoms in total. The third-order valence-electron chi connectivity index (χ3n) is 6.71. The van der Waals surface area contributed by atoms with E-state index in [2.05, 4.69) is 53.8 Å². The quantitative estimate of drug-likeness (QED) is 0.311. The van der Waals surface area contributed by atoms with E-state index in [9.17, 15) is 14.7 Å². The van der Waals surface area contributed by atoms with Crippen molar-refractivity contribution in [3.63, 3.8) is 0 Å². The Morgan fingerprint density at radius 1 is 0.842 bits per heavy atom. The van der Waals surface area contributed by atoms with Gasteiger partial charge in [0.2, 0.25) is 0 Å². The van der Waals surface area contributed by atoms with Crippen molar-refractivity contribution in [2.75, 3.05) is 12.0 Å². The molecular weight excluding hydrogens is 485 g/mol. The molecular formula is C32H32LiNO3S. The fourth-order valence-corrected chi connectivity index (χ4v) is 5.13. The molecule has 0 aliphatic heterocycles. The van der Waals surface area contributed by atoms with Crippen LogP contribution in [0.25, 0.3) is 21.9 Å². The second-order valence-corrected chi connectivity index (χ2v) is 10.3. The van der Waals surface area contributed by atoms with E-state index in [0.29, 0.717) is 17.7 Å². The average Bonchev–Trinajstić information content (AvgIpc) is 2.91. The molecule has 0 aliphatic rings. The maximum absolute atomic E-state index is 13.2. The summed E-state index contributed by atoms with van der Waals surface area (Å²) in [5, 5.41) is 16.8. The van der Waals surface area contributed by atoms with Crippen LogP contribution in [0.5, 0.6) is 0 Å². The van der Waals surface area contributed by atoms with Crippen LogP contribution in [-0.4, -0.2) is 29.9 Å². The molecule has 0 heterocycles. The number of carbonyl (C=O) groups is 2. The molecule has 4 aromatic rings. The first-order valence-electron chi connectivity index (χ1n) is 12.6. The summed E-state index contributed by atoms with van der Waals surface area (Å²) in [7, 11) is 0. The van der Waals surface area contributed by atoms with Crippen molar-refractivity contribution in [1.29, 1.82) is 0 Å². The van der Waals surface area contributed by atoms with Crippen molar-refractivity contribution < 1.29 is 33.6 Å². The van der Waals surface area contributed by atoms with Gasteiger partial charge < -0.3 is 15.2 Å². The second-order valence-electron chi connectivity index (χ2n) is 9.36. The molecule has 0 spiro atoms. The van der Waals surface area contributed by atoms with Gasteiger partial charge in [-0.05, 0) is 89.3 Å². The Hall–Kier alpha value is -2.97. The monoisotopic (exact) mass is 517 g/mol. The molecule has 0 aromatic heterocycles. The first-order valence-corrected chi connectivity index (χ1v) is 14.0. The predicted molar refractivity (Wildman–Crippen MR) is 152 cm³/mol. The van der Waals surface area contributed by atoms with Crippen molar-refractivity contribution >= 4 is 34.4 Å². The van der Waals surface area contributed by atoms with Gasteiger partial charge in [-0.3, -0.25) is 4.79 Å². The van der Waals surface area contributed by atoms with E-state index in [1.165, 1.54) is 28.1 Å². The SMILES string of the molecule is CSCC[C@H](NC(=O)c1ccc(CCCc2ccc3ccccc3c2)cc1-c1ccccc1C)C(=O)[O-].[Li+]. The smallest absolute Gasteiger partial charge is 0.548 e. The van der Waals surface area contributed by atoms with E-state index in [-0.39, 0.29) is 18.9 Å². The molecule has 6 heteroatoms. The number of amides is 1. The number of aryl methyl sites for hydroxylation is 3. The summed E-state index contributed by atoms with van der Waals surface area (Å²) in [6.45, 7) is 2.02. The largest absolute Gasteiger partial charge is 1.00 e. The van der Waals surface area contributed by atoms with Crippen LogP contribution in [0.1, 0.15) is 39.9 Å². The summed E-state index contributed by atoms with van der Waals surface area (Å²) < 4.78 is 0. The maximum atomic E-state index is 13.2. The van der Waals surface area contributed by atoms with Crippen LogP contribution in [0.2, 0.25) is 0 Å². The fourth-order valence-electron chi connectivity index (χ4n) is 4.65. The van der Waals surface area contributed by atoms with E-state index in [1.54, 1.807) is 0 Å². The average molecular weight is 518 g/mol. The van der Waals surface area contributed by atoms with Crippen LogP contribution in [0.15, 0.2) is 84.9 Å². The number of rotatable bonds is 11. The van der Waals surface area contributed by atoms with Gasteiger partial charge in [0.1, 0.15) is 0 Å². The Kier molecular flexibility index (Phi) is 11.1. The van der Waals surface area contributed by atoms with E-state index in [1.807, 2.05) is 49.6 Å². The molecule has 0 saturated carbocycles.